The van der Waals surface area contributed by atoms with Gasteiger partial charge in [-0.3, -0.25) is 4.90 Å². The van der Waals surface area contributed by atoms with Crippen LogP contribution in [0.25, 0.3) is 0 Å². The second-order valence-electron chi connectivity index (χ2n) is 9.20. The van der Waals surface area contributed by atoms with Crippen LogP contribution in [0.1, 0.15) is 22.8 Å². The van der Waals surface area contributed by atoms with Crippen molar-refractivity contribution >= 4 is 27.4 Å². The first-order chi connectivity index (χ1) is 19.2. The van der Waals surface area contributed by atoms with E-state index in [2.05, 4.69) is 9.88 Å². The van der Waals surface area contributed by atoms with Crippen LogP contribution in [0, 0.1) is 0 Å². The minimum Gasteiger partial charge on any atom is -0.482 e. The third-order valence-corrected chi connectivity index (χ3v) is 8.27. The second kappa shape index (κ2) is 13.5. The molecule has 0 aliphatic rings. The Kier molecular flexibility index (Phi) is 9.89. The van der Waals surface area contributed by atoms with Crippen LogP contribution in [0.2, 0.25) is 5.15 Å². The molecule has 0 saturated heterocycles. The van der Waals surface area contributed by atoms with Crippen molar-refractivity contribution in [2.75, 3.05) is 19.7 Å². The van der Waals surface area contributed by atoms with Crippen LogP contribution >= 0.6 is 11.6 Å². The van der Waals surface area contributed by atoms with Crippen LogP contribution in [-0.2, 0) is 27.6 Å². The van der Waals surface area contributed by atoms with Gasteiger partial charge in [0.05, 0.1) is 15.9 Å². The number of rotatable bonds is 13. The van der Waals surface area contributed by atoms with Gasteiger partial charge in [0.15, 0.2) is 6.61 Å². The maximum Gasteiger partial charge on any atom is 0.341 e. The first-order valence-electron chi connectivity index (χ1n) is 12.6. The Morgan fingerprint density at radius 1 is 0.900 bits per heavy atom. The Morgan fingerprint density at radius 3 is 2.15 bits per heavy atom. The van der Waals surface area contributed by atoms with E-state index in [9.17, 15) is 18.3 Å². The summed E-state index contributed by atoms with van der Waals surface area (Å²) in [4.78, 5) is 17.1. The summed E-state index contributed by atoms with van der Waals surface area (Å²) in [6, 6.07) is 25.8. The summed E-state index contributed by atoms with van der Waals surface area (Å²) in [6.07, 6.45) is 1.47. The van der Waals surface area contributed by atoms with E-state index in [0.717, 1.165) is 11.1 Å². The van der Waals surface area contributed by atoms with Crippen LogP contribution in [0.4, 0.5) is 0 Å². The molecule has 3 aromatic carbocycles. The van der Waals surface area contributed by atoms with Gasteiger partial charge in [-0.25, -0.2) is 18.2 Å². The number of hydrogen-bond donors (Lipinski definition) is 2. The number of aromatic nitrogens is 1. The topological polar surface area (TPSA) is 117 Å². The van der Waals surface area contributed by atoms with E-state index in [0.29, 0.717) is 36.8 Å². The van der Waals surface area contributed by atoms with E-state index in [1.54, 1.807) is 42.6 Å². The monoisotopic (exact) mass is 580 g/mol. The molecule has 40 heavy (non-hydrogen) atoms. The molecule has 4 rings (SSSR count). The number of carboxylic acid groups (broad SMARTS) is 1. The lowest BCUT2D eigenvalue weighted by atomic mass is 10.1. The molecule has 8 nitrogen and oxygen atoms in total. The highest BCUT2D eigenvalue weighted by molar-refractivity contribution is 7.91. The van der Waals surface area contributed by atoms with E-state index in [1.807, 2.05) is 30.3 Å². The van der Waals surface area contributed by atoms with Gasteiger partial charge in [-0.05, 0) is 60.0 Å². The summed E-state index contributed by atoms with van der Waals surface area (Å²) in [5.41, 5.74) is 2.75. The normalized spacial score (nSPS) is 12.3. The molecule has 0 aliphatic heterocycles. The van der Waals surface area contributed by atoms with Gasteiger partial charge >= 0.3 is 5.97 Å². The smallest absolute Gasteiger partial charge is 0.341 e. The molecular formula is C30H29ClN2O6S. The molecule has 0 radical (unpaired) electrons. The van der Waals surface area contributed by atoms with Crippen molar-refractivity contribution in [3.05, 3.63) is 119 Å². The number of ether oxygens (including phenoxy) is 1. The number of aliphatic hydroxyl groups is 1. The molecule has 0 aliphatic carbocycles. The van der Waals surface area contributed by atoms with Crippen molar-refractivity contribution in [1.29, 1.82) is 0 Å². The molecule has 0 bridgehead atoms. The minimum absolute atomic E-state index is 0.0858. The van der Waals surface area contributed by atoms with Gasteiger partial charge in [0, 0.05) is 31.4 Å². The number of sulfone groups is 1. The molecule has 0 fully saturated rings. The zero-order valence-corrected chi connectivity index (χ0v) is 23.1. The van der Waals surface area contributed by atoms with Gasteiger partial charge in [-0.1, -0.05) is 60.1 Å². The van der Waals surface area contributed by atoms with Gasteiger partial charge in [-0.2, -0.15) is 0 Å². The van der Waals surface area contributed by atoms with Gasteiger partial charge in [0.1, 0.15) is 10.9 Å². The molecular weight excluding hydrogens is 552 g/mol. The summed E-state index contributed by atoms with van der Waals surface area (Å²) >= 11 is 5.88. The number of halogens is 1. The fourth-order valence-electron chi connectivity index (χ4n) is 4.13. The zero-order valence-electron chi connectivity index (χ0n) is 21.6. The molecule has 208 valence electrons. The predicted molar refractivity (Wildman–Crippen MR) is 151 cm³/mol. The van der Waals surface area contributed by atoms with Crippen LogP contribution < -0.4 is 4.74 Å². The molecule has 2 N–H and O–H groups in total. The Balaban J connectivity index is 1.42. The zero-order chi connectivity index (χ0) is 28.5. The molecule has 1 heterocycles. The van der Waals surface area contributed by atoms with Crippen LogP contribution in [-0.4, -0.2) is 54.2 Å². The van der Waals surface area contributed by atoms with Crippen LogP contribution in [0.3, 0.4) is 0 Å². The third kappa shape index (κ3) is 8.12. The van der Waals surface area contributed by atoms with E-state index < -0.39 is 28.5 Å². The van der Waals surface area contributed by atoms with Crippen molar-refractivity contribution < 1.29 is 28.2 Å². The largest absolute Gasteiger partial charge is 0.482 e. The van der Waals surface area contributed by atoms with Crippen molar-refractivity contribution in [3.63, 3.8) is 0 Å². The minimum atomic E-state index is -3.76. The number of hydrogen-bond acceptors (Lipinski definition) is 7. The van der Waals surface area contributed by atoms with E-state index in [1.165, 1.54) is 24.3 Å². The van der Waals surface area contributed by atoms with Crippen LogP contribution in [0.15, 0.2) is 107 Å². The van der Waals surface area contributed by atoms with Gasteiger partial charge in [0.2, 0.25) is 9.84 Å². The number of pyridine rings is 1. The summed E-state index contributed by atoms with van der Waals surface area (Å²) in [5, 5.41) is 19.9. The Hall–Kier alpha value is -3.76. The highest BCUT2D eigenvalue weighted by Gasteiger charge is 2.19. The summed E-state index contributed by atoms with van der Waals surface area (Å²) in [6.45, 7) is 1.15. The standard InChI is InChI=1S/C30H29ClN2O6S/c31-29-15-8-24(18-32-29)28(34)20-33(19-23-4-2-1-3-5-23)17-16-22-6-11-26(12-7-22)40(37,38)27-13-9-25(10-14-27)39-21-30(35)36/h1-15,18,28,34H,16-17,19-21H2,(H,35,36)/t28-/m0/s1. The maximum atomic E-state index is 13.1. The molecule has 1 atom stereocenters. The number of carbonyl (C=O) groups is 1. The lowest BCUT2D eigenvalue weighted by Gasteiger charge is -2.25. The molecule has 0 spiro atoms. The Bertz CT molecular complexity index is 1500. The molecule has 1 aromatic heterocycles. The number of aliphatic carboxylic acids is 1. The van der Waals surface area contributed by atoms with Crippen molar-refractivity contribution in [3.8, 4) is 5.75 Å². The predicted octanol–water partition coefficient (Wildman–Crippen LogP) is 4.81. The summed E-state index contributed by atoms with van der Waals surface area (Å²) in [5.74, 6) is -0.843. The van der Waals surface area contributed by atoms with Crippen molar-refractivity contribution in [1.82, 2.24) is 9.88 Å². The molecule has 0 unspecified atom stereocenters. The molecule has 4 aromatic rings. The average Bonchev–Trinajstić information content (AvgIpc) is 2.96. The van der Waals surface area contributed by atoms with Crippen molar-refractivity contribution in [2.45, 2.75) is 28.9 Å². The van der Waals surface area contributed by atoms with Crippen LogP contribution in [0.5, 0.6) is 5.75 Å². The third-order valence-electron chi connectivity index (χ3n) is 6.26. The number of aliphatic hydroxyl groups excluding tert-OH is 1. The van der Waals surface area contributed by atoms with E-state index >= 15 is 0 Å². The van der Waals surface area contributed by atoms with E-state index in [-0.39, 0.29) is 15.5 Å². The highest BCUT2D eigenvalue weighted by Crippen LogP contribution is 2.24. The summed E-state index contributed by atoms with van der Waals surface area (Å²) in [7, 11) is -3.76. The summed E-state index contributed by atoms with van der Waals surface area (Å²) < 4.78 is 31.2. The molecule has 0 amide bonds. The quantitative estimate of drug-likeness (QED) is 0.216. The fraction of sp³-hybridized carbons (Fsp3) is 0.200. The van der Waals surface area contributed by atoms with Gasteiger partial charge in [0.25, 0.3) is 0 Å². The molecule has 10 heteroatoms. The Labute approximate surface area is 238 Å². The Morgan fingerprint density at radius 2 is 1.55 bits per heavy atom. The van der Waals surface area contributed by atoms with Crippen molar-refractivity contribution in [2.24, 2.45) is 0 Å². The second-order valence-corrected chi connectivity index (χ2v) is 11.5. The van der Waals surface area contributed by atoms with Gasteiger partial charge in [-0.15, -0.1) is 0 Å². The first kappa shape index (κ1) is 29.2. The number of nitrogens with zero attached hydrogens (tertiary/aromatic N) is 2. The lowest BCUT2D eigenvalue weighted by Crippen LogP contribution is -2.30. The molecule has 0 saturated carbocycles. The maximum absolute atomic E-state index is 13.1. The fourth-order valence-corrected chi connectivity index (χ4v) is 5.50. The lowest BCUT2D eigenvalue weighted by molar-refractivity contribution is -0.139. The number of carboxylic acids is 1. The number of benzene rings is 3. The first-order valence-corrected chi connectivity index (χ1v) is 14.4. The highest BCUT2D eigenvalue weighted by atomic mass is 35.5. The van der Waals surface area contributed by atoms with Gasteiger partial charge < -0.3 is 14.9 Å². The average molecular weight is 581 g/mol. The van der Waals surface area contributed by atoms with E-state index in [4.69, 9.17) is 21.4 Å². The SMILES string of the molecule is O=C(O)COc1ccc(S(=O)(=O)c2ccc(CCN(Cc3ccccc3)C[C@H](O)c3ccc(Cl)nc3)cc2)cc1.